The van der Waals surface area contributed by atoms with Gasteiger partial charge in [-0.2, -0.15) is 5.10 Å². The molecule has 4 rings (SSSR count). The van der Waals surface area contributed by atoms with E-state index < -0.39 is 0 Å². The van der Waals surface area contributed by atoms with Gasteiger partial charge in [-0.1, -0.05) is 17.4 Å². The van der Waals surface area contributed by atoms with E-state index in [1.54, 1.807) is 12.4 Å². The number of aryl methyl sites for hydroxylation is 2. The molecule has 0 bridgehead atoms. The van der Waals surface area contributed by atoms with Gasteiger partial charge in [-0.05, 0) is 51.0 Å². The number of fused-ring (bicyclic) bond motifs is 2. The van der Waals surface area contributed by atoms with Crippen LogP contribution in [-0.2, 0) is 0 Å². The summed E-state index contributed by atoms with van der Waals surface area (Å²) in [5.41, 5.74) is 4.51. The van der Waals surface area contributed by atoms with Crippen molar-refractivity contribution in [3.63, 3.8) is 0 Å². The van der Waals surface area contributed by atoms with Crippen molar-refractivity contribution >= 4 is 43.6 Å². The SMILES string of the molecule is Cc1cc(C)c2nc(NC(=O)c3cnc4c(cnn4C(C)C)c3)sc2c1. The second kappa shape index (κ2) is 6.17. The van der Waals surface area contributed by atoms with Crippen LogP contribution in [0.1, 0.15) is 41.4 Å². The average Bonchev–Trinajstić information content (AvgIpc) is 3.17. The molecule has 0 aliphatic heterocycles. The summed E-state index contributed by atoms with van der Waals surface area (Å²) in [7, 11) is 0. The van der Waals surface area contributed by atoms with Crippen LogP contribution in [-0.4, -0.2) is 25.7 Å². The molecule has 1 N–H and O–H groups in total. The van der Waals surface area contributed by atoms with E-state index in [1.165, 1.54) is 16.9 Å². The lowest BCUT2D eigenvalue weighted by Gasteiger charge is -2.06. The summed E-state index contributed by atoms with van der Waals surface area (Å²) in [4.78, 5) is 21.6. The molecule has 0 radical (unpaired) electrons. The maximum absolute atomic E-state index is 12.6. The van der Waals surface area contributed by atoms with Crippen LogP contribution < -0.4 is 5.32 Å². The molecule has 0 atom stereocenters. The lowest BCUT2D eigenvalue weighted by Crippen LogP contribution is -2.12. The van der Waals surface area contributed by atoms with E-state index in [0.29, 0.717) is 10.7 Å². The number of hydrogen-bond acceptors (Lipinski definition) is 5. The second-order valence-corrected chi connectivity index (χ2v) is 7.75. The van der Waals surface area contributed by atoms with Crippen LogP contribution in [0.4, 0.5) is 5.13 Å². The average molecular weight is 365 g/mol. The minimum atomic E-state index is -0.217. The quantitative estimate of drug-likeness (QED) is 0.580. The maximum atomic E-state index is 12.6. The monoisotopic (exact) mass is 365 g/mol. The van der Waals surface area contributed by atoms with Crippen LogP contribution in [0.2, 0.25) is 0 Å². The van der Waals surface area contributed by atoms with Gasteiger partial charge < -0.3 is 0 Å². The molecule has 0 aliphatic rings. The zero-order valence-electron chi connectivity index (χ0n) is 15.1. The van der Waals surface area contributed by atoms with Gasteiger partial charge in [0.25, 0.3) is 5.91 Å². The van der Waals surface area contributed by atoms with Crippen molar-refractivity contribution in [2.24, 2.45) is 0 Å². The summed E-state index contributed by atoms with van der Waals surface area (Å²) in [5, 5.41) is 8.67. The highest BCUT2D eigenvalue weighted by Crippen LogP contribution is 2.29. The number of carbonyl (C=O) groups excluding carboxylic acids is 1. The molecule has 0 aliphatic carbocycles. The largest absolute Gasteiger partial charge is 0.298 e. The first-order valence-electron chi connectivity index (χ1n) is 8.45. The third kappa shape index (κ3) is 2.84. The Morgan fingerprint density at radius 1 is 1.19 bits per heavy atom. The highest BCUT2D eigenvalue weighted by molar-refractivity contribution is 7.22. The number of carbonyl (C=O) groups is 1. The third-order valence-electron chi connectivity index (χ3n) is 4.23. The Kier molecular flexibility index (Phi) is 3.96. The molecule has 0 saturated carbocycles. The minimum absolute atomic E-state index is 0.217. The minimum Gasteiger partial charge on any atom is -0.298 e. The Labute approximate surface area is 154 Å². The molecular weight excluding hydrogens is 346 g/mol. The predicted octanol–water partition coefficient (Wildman–Crippen LogP) is 4.49. The van der Waals surface area contributed by atoms with Gasteiger partial charge in [0.15, 0.2) is 10.8 Å². The highest BCUT2D eigenvalue weighted by Gasteiger charge is 2.14. The van der Waals surface area contributed by atoms with Gasteiger partial charge in [0, 0.05) is 17.6 Å². The van der Waals surface area contributed by atoms with E-state index in [-0.39, 0.29) is 11.9 Å². The Morgan fingerprint density at radius 2 is 2.00 bits per heavy atom. The molecule has 4 aromatic rings. The predicted molar refractivity (Wildman–Crippen MR) is 105 cm³/mol. The number of hydrogen-bond donors (Lipinski definition) is 1. The summed E-state index contributed by atoms with van der Waals surface area (Å²) < 4.78 is 2.92. The van der Waals surface area contributed by atoms with Gasteiger partial charge in [-0.25, -0.2) is 14.6 Å². The number of benzene rings is 1. The topological polar surface area (TPSA) is 72.7 Å². The number of rotatable bonds is 3. The van der Waals surface area contributed by atoms with Crippen molar-refractivity contribution in [1.29, 1.82) is 0 Å². The van der Waals surface area contributed by atoms with Crippen LogP contribution in [0.25, 0.3) is 21.3 Å². The van der Waals surface area contributed by atoms with Crippen LogP contribution in [0.3, 0.4) is 0 Å². The van der Waals surface area contributed by atoms with Crippen molar-refractivity contribution in [3.8, 4) is 0 Å². The van der Waals surface area contributed by atoms with Gasteiger partial charge in [-0.3, -0.25) is 10.1 Å². The lowest BCUT2D eigenvalue weighted by atomic mass is 10.1. The molecule has 3 aromatic heterocycles. The molecule has 0 spiro atoms. The summed E-state index contributed by atoms with van der Waals surface area (Å²) in [6.07, 6.45) is 3.32. The lowest BCUT2D eigenvalue weighted by molar-refractivity contribution is 0.102. The van der Waals surface area contributed by atoms with Crippen molar-refractivity contribution in [2.45, 2.75) is 33.7 Å². The number of aromatic nitrogens is 4. The normalized spacial score (nSPS) is 11.6. The van der Waals surface area contributed by atoms with Crippen molar-refractivity contribution < 1.29 is 4.79 Å². The van der Waals surface area contributed by atoms with Crippen LogP contribution in [0, 0.1) is 13.8 Å². The first kappa shape index (κ1) is 16.7. The molecule has 26 heavy (non-hydrogen) atoms. The number of amides is 1. The van der Waals surface area contributed by atoms with E-state index in [4.69, 9.17) is 0 Å². The van der Waals surface area contributed by atoms with Crippen LogP contribution in [0.15, 0.2) is 30.6 Å². The summed E-state index contributed by atoms with van der Waals surface area (Å²) in [5.74, 6) is -0.217. The maximum Gasteiger partial charge on any atom is 0.259 e. The second-order valence-electron chi connectivity index (χ2n) is 6.72. The van der Waals surface area contributed by atoms with Crippen molar-refractivity contribution in [3.05, 3.63) is 47.3 Å². The number of pyridine rings is 1. The van der Waals surface area contributed by atoms with E-state index in [9.17, 15) is 4.79 Å². The van der Waals surface area contributed by atoms with Crippen LogP contribution >= 0.6 is 11.3 Å². The van der Waals surface area contributed by atoms with E-state index in [2.05, 4.69) is 39.4 Å². The Hall–Kier alpha value is -2.80. The fourth-order valence-corrected chi connectivity index (χ4v) is 4.07. The Balaban J connectivity index is 1.64. The van der Waals surface area contributed by atoms with Gasteiger partial charge >= 0.3 is 0 Å². The molecule has 0 unspecified atom stereocenters. The van der Waals surface area contributed by atoms with Gasteiger partial charge in [-0.15, -0.1) is 0 Å². The Bertz CT molecular complexity index is 1140. The molecule has 0 saturated heterocycles. The molecule has 132 valence electrons. The molecule has 3 heterocycles. The standard InChI is InChI=1S/C19H19N5OS/c1-10(2)24-17-13(9-21-24)7-14(8-20-17)18(25)23-19-22-16-12(4)5-11(3)6-15(16)26-19/h5-10H,1-4H3,(H,22,23,25). The summed E-state index contributed by atoms with van der Waals surface area (Å²) >= 11 is 1.48. The fraction of sp³-hybridized carbons (Fsp3) is 0.263. The van der Waals surface area contributed by atoms with Crippen molar-refractivity contribution in [1.82, 2.24) is 19.7 Å². The number of anilines is 1. The summed E-state index contributed by atoms with van der Waals surface area (Å²) in [6.45, 7) is 8.19. The van der Waals surface area contributed by atoms with E-state index in [1.807, 2.05) is 31.5 Å². The van der Waals surface area contributed by atoms with Crippen LogP contribution in [0.5, 0.6) is 0 Å². The summed E-state index contributed by atoms with van der Waals surface area (Å²) in [6, 6.07) is 6.21. The molecule has 1 amide bonds. The molecule has 7 heteroatoms. The Morgan fingerprint density at radius 3 is 2.77 bits per heavy atom. The molecular formula is C19H19N5OS. The van der Waals surface area contributed by atoms with E-state index >= 15 is 0 Å². The number of nitrogens with zero attached hydrogens (tertiary/aromatic N) is 4. The highest BCUT2D eigenvalue weighted by atomic mass is 32.1. The smallest absolute Gasteiger partial charge is 0.259 e. The van der Waals surface area contributed by atoms with Gasteiger partial charge in [0.2, 0.25) is 0 Å². The number of nitrogens with one attached hydrogen (secondary N) is 1. The van der Waals surface area contributed by atoms with Crippen molar-refractivity contribution in [2.75, 3.05) is 5.32 Å². The van der Waals surface area contributed by atoms with Gasteiger partial charge in [0.05, 0.1) is 22.0 Å². The first-order valence-corrected chi connectivity index (χ1v) is 9.26. The fourth-order valence-electron chi connectivity index (χ4n) is 3.04. The molecule has 6 nitrogen and oxygen atoms in total. The van der Waals surface area contributed by atoms with E-state index in [0.717, 1.165) is 26.8 Å². The number of thiazole rings is 1. The zero-order chi connectivity index (χ0) is 18.4. The van der Waals surface area contributed by atoms with Gasteiger partial charge in [0.1, 0.15) is 0 Å². The third-order valence-corrected chi connectivity index (χ3v) is 5.15. The molecule has 0 fully saturated rings. The molecule has 1 aromatic carbocycles. The first-order chi connectivity index (χ1) is 12.4. The zero-order valence-corrected chi connectivity index (χ0v) is 15.9.